The third kappa shape index (κ3) is 3.61. The summed E-state index contributed by atoms with van der Waals surface area (Å²) in [6.45, 7) is 4.52. The van der Waals surface area contributed by atoms with Crippen LogP contribution >= 0.6 is 0 Å². The zero-order valence-corrected chi connectivity index (χ0v) is 15.3. The number of aromatic nitrogens is 1. The lowest BCUT2D eigenvalue weighted by atomic mass is 10.1. The summed E-state index contributed by atoms with van der Waals surface area (Å²) >= 11 is 0. The van der Waals surface area contributed by atoms with Crippen LogP contribution in [-0.4, -0.2) is 42.7 Å². The monoisotopic (exact) mass is 362 g/mol. The number of likely N-dealkylation sites (tertiary alicyclic amines) is 1. The minimum Gasteiger partial charge on any atom is -0.361 e. The van der Waals surface area contributed by atoms with Crippen LogP contribution in [0, 0.1) is 13.8 Å². The third-order valence-corrected chi connectivity index (χ3v) is 7.09. The van der Waals surface area contributed by atoms with Crippen molar-refractivity contribution in [2.45, 2.75) is 43.3 Å². The van der Waals surface area contributed by atoms with Crippen LogP contribution in [0.3, 0.4) is 0 Å². The summed E-state index contributed by atoms with van der Waals surface area (Å²) in [4.78, 5) is 14.6. The predicted molar refractivity (Wildman–Crippen MR) is 92.9 cm³/mol. The zero-order valence-electron chi connectivity index (χ0n) is 14.4. The van der Waals surface area contributed by atoms with E-state index in [1.165, 1.54) is 0 Å². The summed E-state index contributed by atoms with van der Waals surface area (Å²) in [5.41, 5.74) is 1.55. The van der Waals surface area contributed by atoms with Gasteiger partial charge in [-0.05, 0) is 38.8 Å². The van der Waals surface area contributed by atoms with Gasteiger partial charge in [0.15, 0.2) is 9.84 Å². The fourth-order valence-electron chi connectivity index (χ4n) is 3.24. The molecule has 1 aromatic heterocycles. The normalized spacial score (nSPS) is 16.2. The molecule has 3 rings (SSSR count). The maximum atomic E-state index is 12.7. The van der Waals surface area contributed by atoms with Crippen molar-refractivity contribution in [2.24, 2.45) is 0 Å². The molecule has 25 heavy (non-hydrogen) atoms. The van der Waals surface area contributed by atoms with E-state index in [1.54, 1.807) is 42.2 Å². The Balaban J connectivity index is 1.63. The van der Waals surface area contributed by atoms with E-state index < -0.39 is 15.1 Å². The number of hydrogen-bond donors (Lipinski definition) is 0. The van der Waals surface area contributed by atoms with Crippen molar-refractivity contribution in [3.8, 4) is 0 Å². The van der Waals surface area contributed by atoms with E-state index >= 15 is 0 Å². The zero-order chi connectivity index (χ0) is 18.0. The van der Waals surface area contributed by atoms with Gasteiger partial charge in [0.05, 0.1) is 22.3 Å². The van der Waals surface area contributed by atoms with Crippen LogP contribution in [0.2, 0.25) is 0 Å². The smallest absolute Gasteiger partial charge is 0.227 e. The Morgan fingerprint density at radius 3 is 2.40 bits per heavy atom. The van der Waals surface area contributed by atoms with Crippen LogP contribution in [0.4, 0.5) is 0 Å². The Kier molecular flexibility index (Phi) is 4.94. The van der Waals surface area contributed by atoms with Crippen LogP contribution in [0.25, 0.3) is 0 Å². The summed E-state index contributed by atoms with van der Waals surface area (Å²) in [5, 5.41) is 3.43. The second-order valence-corrected chi connectivity index (χ2v) is 8.65. The average molecular weight is 362 g/mol. The van der Waals surface area contributed by atoms with Gasteiger partial charge in [0.2, 0.25) is 5.91 Å². The van der Waals surface area contributed by atoms with E-state index in [4.69, 9.17) is 4.52 Å². The molecule has 0 unspecified atom stereocenters. The summed E-state index contributed by atoms with van der Waals surface area (Å²) in [6.07, 6.45) is 1.17. The first-order valence-electron chi connectivity index (χ1n) is 8.38. The van der Waals surface area contributed by atoms with E-state index in [-0.39, 0.29) is 12.3 Å². The number of piperidine rings is 1. The van der Waals surface area contributed by atoms with Crippen molar-refractivity contribution in [1.29, 1.82) is 0 Å². The van der Waals surface area contributed by atoms with Crippen LogP contribution < -0.4 is 0 Å². The lowest BCUT2D eigenvalue weighted by Crippen LogP contribution is -2.43. The molecule has 7 heteroatoms. The molecule has 1 fully saturated rings. The molecule has 6 nitrogen and oxygen atoms in total. The number of carbonyl (C=O) groups excluding carboxylic acids is 1. The largest absolute Gasteiger partial charge is 0.361 e. The van der Waals surface area contributed by atoms with Gasteiger partial charge in [-0.1, -0.05) is 23.4 Å². The van der Waals surface area contributed by atoms with Gasteiger partial charge < -0.3 is 9.42 Å². The average Bonchev–Trinajstić information content (AvgIpc) is 2.94. The first kappa shape index (κ1) is 17.7. The van der Waals surface area contributed by atoms with E-state index in [0.717, 1.165) is 11.3 Å². The Morgan fingerprint density at radius 2 is 1.84 bits per heavy atom. The Hall–Kier alpha value is -2.15. The molecule has 0 bridgehead atoms. The Labute approximate surface area is 147 Å². The molecule has 1 aliphatic heterocycles. The highest BCUT2D eigenvalue weighted by molar-refractivity contribution is 7.92. The molecular weight excluding hydrogens is 340 g/mol. The number of hydrogen-bond acceptors (Lipinski definition) is 5. The van der Waals surface area contributed by atoms with Gasteiger partial charge >= 0.3 is 0 Å². The highest BCUT2D eigenvalue weighted by Gasteiger charge is 2.32. The molecule has 0 spiro atoms. The van der Waals surface area contributed by atoms with Crippen LogP contribution in [-0.2, 0) is 21.1 Å². The molecule has 0 aliphatic carbocycles. The molecule has 0 atom stereocenters. The minimum atomic E-state index is -3.34. The number of aryl methyl sites for hydroxylation is 2. The van der Waals surface area contributed by atoms with Crippen molar-refractivity contribution in [1.82, 2.24) is 10.1 Å². The Morgan fingerprint density at radius 1 is 1.20 bits per heavy atom. The lowest BCUT2D eigenvalue weighted by molar-refractivity contribution is -0.131. The number of rotatable bonds is 4. The van der Waals surface area contributed by atoms with E-state index in [1.807, 2.05) is 6.92 Å². The summed E-state index contributed by atoms with van der Waals surface area (Å²) in [5.74, 6) is 0.650. The standard InChI is InChI=1S/C18H22N2O4S/c1-13-17(14(2)24-19-13)12-18(21)20-10-8-16(9-11-20)25(22,23)15-6-4-3-5-7-15/h3-7,16H,8-12H2,1-2H3. The molecule has 0 radical (unpaired) electrons. The fourth-order valence-corrected chi connectivity index (χ4v) is 4.99. The highest BCUT2D eigenvalue weighted by Crippen LogP contribution is 2.25. The van der Waals surface area contributed by atoms with E-state index in [9.17, 15) is 13.2 Å². The SMILES string of the molecule is Cc1noc(C)c1CC(=O)N1CCC(S(=O)(=O)c2ccccc2)CC1. The summed E-state index contributed by atoms with van der Waals surface area (Å²) < 4.78 is 30.5. The quantitative estimate of drug-likeness (QED) is 0.834. The van der Waals surface area contributed by atoms with Gasteiger partial charge in [0.1, 0.15) is 5.76 Å². The number of benzene rings is 1. The van der Waals surface area contributed by atoms with Gasteiger partial charge in [0, 0.05) is 18.7 Å². The summed E-state index contributed by atoms with van der Waals surface area (Å²) in [6, 6.07) is 8.52. The first-order chi connectivity index (χ1) is 11.9. The predicted octanol–water partition coefficient (Wildman–Crippen LogP) is 2.30. The highest BCUT2D eigenvalue weighted by atomic mass is 32.2. The van der Waals surface area contributed by atoms with E-state index in [0.29, 0.717) is 36.6 Å². The molecule has 0 saturated carbocycles. The third-order valence-electron chi connectivity index (χ3n) is 4.81. The number of nitrogens with zero attached hydrogens (tertiary/aromatic N) is 2. The van der Waals surface area contributed by atoms with Gasteiger partial charge in [-0.3, -0.25) is 4.79 Å². The fraction of sp³-hybridized carbons (Fsp3) is 0.444. The summed E-state index contributed by atoms with van der Waals surface area (Å²) in [7, 11) is -3.34. The van der Waals surface area contributed by atoms with Gasteiger partial charge in [-0.2, -0.15) is 0 Å². The Bertz CT molecular complexity index is 831. The second kappa shape index (κ2) is 7.00. The molecule has 1 aromatic carbocycles. The molecule has 0 N–H and O–H groups in total. The van der Waals surface area contributed by atoms with Crippen molar-refractivity contribution >= 4 is 15.7 Å². The van der Waals surface area contributed by atoms with Crippen molar-refractivity contribution in [2.75, 3.05) is 13.1 Å². The molecule has 1 amide bonds. The maximum absolute atomic E-state index is 12.7. The van der Waals surface area contributed by atoms with Crippen LogP contribution in [0.1, 0.15) is 29.9 Å². The molecule has 1 saturated heterocycles. The number of amides is 1. The molecule has 2 heterocycles. The molecule has 1 aliphatic rings. The topological polar surface area (TPSA) is 80.5 Å². The second-order valence-electron chi connectivity index (χ2n) is 6.42. The van der Waals surface area contributed by atoms with Gasteiger partial charge in [0.25, 0.3) is 0 Å². The number of carbonyl (C=O) groups is 1. The van der Waals surface area contributed by atoms with E-state index in [2.05, 4.69) is 5.16 Å². The molecule has 2 aromatic rings. The van der Waals surface area contributed by atoms with Crippen molar-refractivity contribution in [3.05, 3.63) is 47.3 Å². The van der Waals surface area contributed by atoms with Gasteiger partial charge in [-0.15, -0.1) is 0 Å². The van der Waals surface area contributed by atoms with Gasteiger partial charge in [-0.25, -0.2) is 8.42 Å². The maximum Gasteiger partial charge on any atom is 0.227 e. The number of sulfone groups is 1. The van der Waals surface area contributed by atoms with Crippen molar-refractivity contribution in [3.63, 3.8) is 0 Å². The molecular formula is C18H22N2O4S. The van der Waals surface area contributed by atoms with Crippen LogP contribution in [0.5, 0.6) is 0 Å². The van der Waals surface area contributed by atoms with Crippen LogP contribution in [0.15, 0.2) is 39.8 Å². The first-order valence-corrected chi connectivity index (χ1v) is 9.92. The lowest BCUT2D eigenvalue weighted by Gasteiger charge is -2.31. The minimum absolute atomic E-state index is 0.00930. The van der Waals surface area contributed by atoms with Crippen molar-refractivity contribution < 1.29 is 17.7 Å². The molecule has 134 valence electrons.